The molecule has 18 heteroatoms. The Morgan fingerprint density at radius 3 is 2.31 bits per heavy atom. The van der Waals surface area contributed by atoms with Gasteiger partial charge >= 0.3 is 0 Å². The fraction of sp³-hybridized carbons (Fsp3) is 0.533. The quantitative estimate of drug-likeness (QED) is 0.111. The second-order valence-corrected chi connectivity index (χ2v) is 23.4. The summed E-state index contributed by atoms with van der Waals surface area (Å²) in [6.07, 6.45) is 15.2. The number of carbonyl (C=O) groups excluding carboxylic acids is 2. The second-order valence-electron chi connectivity index (χ2n) is 22.1. The summed E-state index contributed by atoms with van der Waals surface area (Å²) in [6.45, 7) is 16.0. The maximum Gasteiger partial charge on any atom is 0.282 e. The normalized spacial score (nSPS) is 19.7. The Morgan fingerprint density at radius 2 is 1.65 bits per heavy atom. The zero-order chi connectivity index (χ0) is 54.6. The minimum Gasteiger partial charge on any atom is -0.472 e. The minimum absolute atomic E-state index is 0.00204. The van der Waals surface area contributed by atoms with Gasteiger partial charge in [-0.1, -0.05) is 87.5 Å². The van der Waals surface area contributed by atoms with Crippen molar-refractivity contribution in [1.82, 2.24) is 39.7 Å². The SMILES string of the molecule is CC(C)Cc1cc(OC2CCCCC2)no1.CN1CCN(c2ccc3c(c2)-n2c(nc(=O)c4c(Cl)cccc42)C32CCCCC2)CC1.Cc1ncsc1-c1ccc(C(CN2CCOCC2)NC=O)cc1.O=CN1CCC(O)C1. The maximum absolute atomic E-state index is 13.1. The van der Waals surface area contributed by atoms with Crippen LogP contribution < -0.4 is 20.5 Å². The van der Waals surface area contributed by atoms with Gasteiger partial charge in [-0.2, -0.15) is 4.98 Å². The molecule has 7 heterocycles. The number of amides is 2. The van der Waals surface area contributed by atoms with Crippen molar-refractivity contribution in [2.24, 2.45) is 5.92 Å². The van der Waals surface area contributed by atoms with E-state index in [0.29, 0.717) is 41.4 Å². The molecule has 2 atom stereocenters. The van der Waals surface area contributed by atoms with E-state index in [1.807, 2.05) is 30.6 Å². The van der Waals surface area contributed by atoms with E-state index in [1.165, 1.54) is 65.9 Å². The molecule has 2 amide bonds. The van der Waals surface area contributed by atoms with Crippen molar-refractivity contribution in [3.8, 4) is 22.0 Å². The number of rotatable bonds is 12. The van der Waals surface area contributed by atoms with E-state index in [-0.39, 0.29) is 23.1 Å². The van der Waals surface area contributed by atoms with Gasteiger partial charge in [-0.25, -0.2) is 4.98 Å². The van der Waals surface area contributed by atoms with Gasteiger partial charge in [-0.05, 0) is 111 Å². The lowest BCUT2D eigenvalue weighted by molar-refractivity contribution is -0.117. The van der Waals surface area contributed by atoms with Gasteiger partial charge < -0.3 is 39.1 Å². The number of hydrogen-bond donors (Lipinski definition) is 2. The fourth-order valence-corrected chi connectivity index (χ4v) is 12.9. The molecule has 2 N–H and O–H groups in total. The maximum atomic E-state index is 13.1. The summed E-state index contributed by atoms with van der Waals surface area (Å²) in [5.74, 6) is 3.11. The number of aliphatic hydroxyl groups is 1. The number of likely N-dealkylation sites (tertiary alicyclic amines) is 1. The van der Waals surface area contributed by atoms with Crippen LogP contribution in [0.15, 0.2) is 81.6 Å². The highest BCUT2D eigenvalue weighted by Gasteiger charge is 2.46. The molecule has 3 aromatic heterocycles. The first-order valence-corrected chi connectivity index (χ1v) is 29.5. The largest absolute Gasteiger partial charge is 0.472 e. The number of aliphatic hydroxyl groups excluding tert-OH is 1. The molecule has 16 nitrogen and oxygen atoms in total. The first kappa shape index (κ1) is 57.0. The van der Waals surface area contributed by atoms with E-state index < -0.39 is 0 Å². The van der Waals surface area contributed by atoms with E-state index in [2.05, 4.69) is 103 Å². The van der Waals surface area contributed by atoms with Crippen molar-refractivity contribution in [1.29, 1.82) is 0 Å². The van der Waals surface area contributed by atoms with Crippen LogP contribution in [0.4, 0.5) is 5.69 Å². The van der Waals surface area contributed by atoms with Gasteiger partial charge in [0.2, 0.25) is 12.8 Å². The highest BCUT2D eigenvalue weighted by atomic mass is 35.5. The molecular weight excluding hydrogens is 1030 g/mol. The molecule has 78 heavy (non-hydrogen) atoms. The number of halogens is 1. The molecule has 2 saturated carbocycles. The Morgan fingerprint density at radius 1 is 0.910 bits per heavy atom. The molecule has 2 aliphatic carbocycles. The number of β-amino-alcohol motifs (C(OH)–C–C–N with tert-alkyl or cyclic N) is 1. The molecule has 4 aliphatic heterocycles. The first-order chi connectivity index (χ1) is 37.9. The third kappa shape index (κ3) is 13.8. The van der Waals surface area contributed by atoms with Crippen molar-refractivity contribution in [3.63, 3.8) is 0 Å². The number of fused-ring (bicyclic) bond motifs is 7. The van der Waals surface area contributed by atoms with Gasteiger partial charge in [0.1, 0.15) is 17.7 Å². The summed E-state index contributed by atoms with van der Waals surface area (Å²) >= 11 is 8.12. The van der Waals surface area contributed by atoms with Crippen LogP contribution in [-0.2, 0) is 26.2 Å². The third-order valence-electron chi connectivity index (χ3n) is 16.1. The van der Waals surface area contributed by atoms with Crippen molar-refractivity contribution < 1.29 is 28.7 Å². The third-order valence-corrected chi connectivity index (χ3v) is 17.4. The van der Waals surface area contributed by atoms with Crippen LogP contribution in [0.3, 0.4) is 0 Å². The van der Waals surface area contributed by atoms with E-state index in [1.54, 1.807) is 22.3 Å². The molecule has 3 aromatic carbocycles. The number of benzene rings is 3. The lowest BCUT2D eigenvalue weighted by Gasteiger charge is -2.35. The highest BCUT2D eigenvalue weighted by molar-refractivity contribution is 7.13. The number of nitrogens with zero attached hydrogens (tertiary/aromatic N) is 8. The topological polar surface area (TPSA) is 172 Å². The summed E-state index contributed by atoms with van der Waals surface area (Å²) in [7, 11) is 2.18. The molecule has 2 unspecified atom stereocenters. The fourth-order valence-electron chi connectivity index (χ4n) is 11.8. The zero-order valence-corrected chi connectivity index (χ0v) is 47.5. The first-order valence-electron chi connectivity index (χ1n) is 28.2. The van der Waals surface area contributed by atoms with Gasteiger partial charge in [-0.15, -0.1) is 11.3 Å². The number of thiazole rings is 1. The van der Waals surface area contributed by atoms with Crippen LogP contribution in [0.1, 0.15) is 119 Å². The average molecular weight is 1100 g/mol. The molecule has 5 fully saturated rings. The van der Waals surface area contributed by atoms with Gasteiger partial charge in [0.15, 0.2) is 0 Å². The Labute approximate surface area is 468 Å². The summed E-state index contributed by atoms with van der Waals surface area (Å²) in [6, 6.07) is 23.0. The number of ether oxygens (including phenoxy) is 2. The number of anilines is 1. The molecular formula is C60H78ClN9O7S. The molecule has 6 aliphatic rings. The van der Waals surface area contributed by atoms with Crippen molar-refractivity contribution in [2.75, 3.05) is 84.1 Å². The lowest BCUT2D eigenvalue weighted by Crippen LogP contribution is -2.44. The molecule has 0 bridgehead atoms. The summed E-state index contributed by atoms with van der Waals surface area (Å²) < 4.78 is 18.7. The number of morpholine rings is 1. The second kappa shape index (κ2) is 27.0. The number of piperazine rings is 1. The number of nitrogens with one attached hydrogen (secondary N) is 1. The average Bonchev–Trinajstić information content (AvgIpc) is 3.75. The zero-order valence-electron chi connectivity index (χ0n) is 45.9. The molecule has 3 saturated heterocycles. The van der Waals surface area contributed by atoms with Crippen LogP contribution in [0.25, 0.3) is 27.0 Å². The number of likely N-dealkylation sites (N-methyl/N-ethyl adjacent to an activating group) is 1. The Kier molecular flexibility index (Phi) is 19.7. The number of aryl methyl sites for hydroxylation is 1. The molecule has 0 radical (unpaired) electrons. The Balaban J connectivity index is 0.000000138. The number of carbonyl (C=O) groups is 2. The van der Waals surface area contributed by atoms with Gasteiger partial charge in [0.25, 0.3) is 11.4 Å². The molecule has 1 spiro atoms. The van der Waals surface area contributed by atoms with Crippen molar-refractivity contribution in [2.45, 2.75) is 121 Å². The lowest BCUT2D eigenvalue weighted by atomic mass is 9.70. The van der Waals surface area contributed by atoms with Crippen molar-refractivity contribution in [3.05, 3.63) is 116 Å². The smallest absolute Gasteiger partial charge is 0.282 e. The van der Waals surface area contributed by atoms with Crippen LogP contribution in [0.5, 0.6) is 5.88 Å². The Bertz CT molecular complexity index is 2960. The molecule has 6 aromatic rings. The predicted molar refractivity (Wildman–Crippen MR) is 308 cm³/mol. The van der Waals surface area contributed by atoms with Gasteiger partial charge in [-0.3, -0.25) is 23.9 Å². The Hall–Kier alpha value is -5.69. The number of hydrogen-bond acceptors (Lipinski definition) is 14. The molecule has 12 rings (SSSR count). The van der Waals surface area contributed by atoms with E-state index >= 15 is 0 Å². The van der Waals surface area contributed by atoms with E-state index in [4.69, 9.17) is 30.7 Å². The van der Waals surface area contributed by atoms with E-state index in [9.17, 15) is 14.4 Å². The van der Waals surface area contributed by atoms with E-state index in [0.717, 1.165) is 139 Å². The summed E-state index contributed by atoms with van der Waals surface area (Å²) in [4.78, 5) is 52.9. The van der Waals surface area contributed by atoms with Gasteiger partial charge in [0, 0.05) is 77.1 Å². The predicted octanol–water partition coefficient (Wildman–Crippen LogP) is 9.39. The monoisotopic (exact) mass is 1100 g/mol. The minimum atomic E-state index is -0.278. The van der Waals surface area contributed by atoms with Gasteiger partial charge in [0.05, 0.1) is 68.5 Å². The van der Waals surface area contributed by atoms with Crippen LogP contribution in [-0.4, -0.2) is 144 Å². The molecule has 418 valence electrons. The highest BCUT2D eigenvalue weighted by Crippen LogP contribution is 2.52. The summed E-state index contributed by atoms with van der Waals surface area (Å²) in [5, 5.41) is 16.7. The van der Waals surface area contributed by atoms with Crippen LogP contribution >= 0.6 is 22.9 Å². The van der Waals surface area contributed by atoms with Crippen molar-refractivity contribution >= 4 is 52.3 Å². The standard InChI is InChI=1S/C25H27ClN4O.C17H21N3O2S.C13H21NO2.C5H9NO2/c1-28-12-14-29(15-13-28)17-8-9-18-21(16-17)30-20-7-5-6-19(26)22(20)23(31)27-24(30)25(18)10-3-2-4-11-25;1-13-17(23-12-19-13)15-4-2-14(3-5-15)16(18-11-21)10-20-6-8-22-9-7-20;1-10(2)8-12-9-13(14-16-12)15-11-6-4-3-5-7-11;7-4-6-2-1-5(8)3-6/h5-9,16H,2-4,10-15H2,1H3;2-5,11-12,16H,6-10H2,1H3,(H,18,21);9-11H,3-8H2,1-2H3;4-5,8H,1-3H2. The number of aromatic nitrogens is 4. The van der Waals surface area contributed by atoms with Crippen LogP contribution in [0, 0.1) is 12.8 Å². The summed E-state index contributed by atoms with van der Waals surface area (Å²) in [5.41, 5.74) is 9.47. The van der Waals surface area contributed by atoms with Crippen LogP contribution in [0.2, 0.25) is 5.02 Å².